The Labute approximate surface area is 250 Å². The third-order valence-corrected chi connectivity index (χ3v) is 10.4. The van der Waals surface area contributed by atoms with Crippen LogP contribution in [0.15, 0.2) is 21.8 Å². The van der Waals surface area contributed by atoms with Gasteiger partial charge in [0, 0.05) is 42.7 Å². The lowest BCUT2D eigenvalue weighted by Gasteiger charge is -2.52. The van der Waals surface area contributed by atoms with Crippen LogP contribution in [0.1, 0.15) is 84.8 Å². The number of likely N-dealkylation sites (tertiary alicyclic amines) is 1. The van der Waals surface area contributed by atoms with Gasteiger partial charge in [-0.1, -0.05) is 16.8 Å². The number of ether oxygens (including phenoxy) is 1. The maximum absolute atomic E-state index is 13.2. The van der Waals surface area contributed by atoms with Crippen molar-refractivity contribution < 1.29 is 27.8 Å². The summed E-state index contributed by atoms with van der Waals surface area (Å²) in [6.45, 7) is 8.14. The number of hydrogen-bond acceptors (Lipinski definition) is 6. The van der Waals surface area contributed by atoms with E-state index in [9.17, 15) is 23.1 Å². The van der Waals surface area contributed by atoms with Gasteiger partial charge in [0.05, 0.1) is 23.9 Å². The first-order valence-electron chi connectivity index (χ1n) is 15.1. The van der Waals surface area contributed by atoms with E-state index in [2.05, 4.69) is 10.3 Å². The second-order valence-corrected chi connectivity index (χ2v) is 14.2. The summed E-state index contributed by atoms with van der Waals surface area (Å²) < 4.78 is 46.8. The zero-order valence-electron chi connectivity index (χ0n) is 25.1. The van der Waals surface area contributed by atoms with Gasteiger partial charge in [-0.2, -0.15) is 13.2 Å². The number of nitrogens with zero attached hydrogens (tertiary/aromatic N) is 5. The number of hydrogen-bond donors (Lipinski definition) is 1. The lowest BCUT2D eigenvalue weighted by molar-refractivity contribution is -0.183. The predicted octanol–water partition coefficient (Wildman–Crippen LogP) is 6.38. The fourth-order valence-electron chi connectivity index (χ4n) is 7.57. The Morgan fingerprint density at radius 2 is 1.71 bits per heavy atom. The third-order valence-electron chi connectivity index (χ3n) is 9.93. The third kappa shape index (κ3) is 6.10. The number of fused-ring (bicyclic) bond motifs is 1. The van der Waals surface area contributed by atoms with Crippen LogP contribution in [0.5, 0.6) is 0 Å². The molecule has 3 heterocycles. The number of aryl methyl sites for hydroxylation is 1. The molecule has 4 atom stereocenters. The number of aliphatic imine (C=N–C) groups is 1. The number of alkyl halides is 3. The first-order chi connectivity index (χ1) is 19.6. The summed E-state index contributed by atoms with van der Waals surface area (Å²) in [6, 6.07) is 0.00651. The Hall–Kier alpha value is -2.14. The number of allylic oxidation sites excluding steroid dienone is 1. The fourth-order valence-corrected chi connectivity index (χ4v) is 8.02. The molecule has 0 spiro atoms. The largest absolute Gasteiger partial charge is 0.444 e. The van der Waals surface area contributed by atoms with Crippen LogP contribution in [-0.4, -0.2) is 67.7 Å². The highest BCUT2D eigenvalue weighted by atomic mass is 35.5. The zero-order valence-corrected chi connectivity index (χ0v) is 25.9. The summed E-state index contributed by atoms with van der Waals surface area (Å²) >= 11 is 7.13. The van der Waals surface area contributed by atoms with Crippen molar-refractivity contribution in [3.63, 3.8) is 0 Å². The van der Waals surface area contributed by atoms with Crippen LogP contribution in [-0.2, 0) is 17.4 Å². The van der Waals surface area contributed by atoms with Crippen molar-refractivity contribution >= 4 is 23.4 Å². The molecule has 4 unspecified atom stereocenters. The van der Waals surface area contributed by atoms with Gasteiger partial charge in [0.15, 0.2) is 0 Å². The van der Waals surface area contributed by atoms with Crippen molar-refractivity contribution in [2.24, 2.45) is 41.6 Å². The molecule has 3 fully saturated rings. The van der Waals surface area contributed by atoms with E-state index < -0.39 is 29.4 Å². The Morgan fingerprint density at radius 1 is 1.07 bits per heavy atom. The molecule has 4 aliphatic rings. The summed E-state index contributed by atoms with van der Waals surface area (Å²) in [5.74, 6) is -1.54. The average molecular weight is 614 g/mol. The molecule has 1 aromatic heterocycles. The smallest absolute Gasteiger partial charge is 0.410 e. The van der Waals surface area contributed by atoms with Crippen LogP contribution in [0.3, 0.4) is 0 Å². The molecule has 1 aromatic rings. The predicted molar refractivity (Wildman–Crippen MR) is 153 cm³/mol. The monoisotopic (exact) mass is 613 g/mol. The normalized spacial score (nSPS) is 30.8. The molecule has 1 N–H and O–H groups in total. The van der Waals surface area contributed by atoms with E-state index in [0.717, 1.165) is 29.2 Å². The van der Waals surface area contributed by atoms with Crippen LogP contribution in [0.2, 0.25) is 0 Å². The number of carbonyl (C=O) groups excluding carboxylic acids is 1. The van der Waals surface area contributed by atoms with Crippen molar-refractivity contribution in [2.75, 3.05) is 13.1 Å². The fraction of sp³-hybridized carbons (Fsp3) is 0.800. The molecule has 42 heavy (non-hydrogen) atoms. The topological polar surface area (TPSA) is 92.8 Å². The molecule has 1 saturated heterocycles. The first kappa shape index (κ1) is 31.3. The molecule has 0 radical (unpaired) electrons. The van der Waals surface area contributed by atoms with Gasteiger partial charge in [0.2, 0.25) is 0 Å². The zero-order chi connectivity index (χ0) is 30.6. The summed E-state index contributed by atoms with van der Waals surface area (Å²) in [6.07, 6.45) is 1.19. The molecule has 2 aliphatic heterocycles. The number of halogens is 4. The maximum atomic E-state index is 13.2. The average Bonchev–Trinajstić information content (AvgIpc) is 3.30. The van der Waals surface area contributed by atoms with Crippen molar-refractivity contribution in [1.29, 1.82) is 0 Å². The van der Waals surface area contributed by atoms with Gasteiger partial charge in [0.1, 0.15) is 11.2 Å². The Bertz CT molecular complexity index is 1230. The van der Waals surface area contributed by atoms with Crippen molar-refractivity contribution in [3.05, 3.63) is 22.5 Å². The van der Waals surface area contributed by atoms with Gasteiger partial charge >= 0.3 is 12.3 Å². The van der Waals surface area contributed by atoms with Gasteiger partial charge in [-0.3, -0.25) is 4.99 Å². The molecule has 0 aromatic carbocycles. The molecule has 2 saturated carbocycles. The molecule has 0 bridgehead atoms. The lowest BCUT2D eigenvalue weighted by atomic mass is 9.63. The van der Waals surface area contributed by atoms with E-state index in [1.807, 2.05) is 27.7 Å². The van der Waals surface area contributed by atoms with Gasteiger partial charge in [0.25, 0.3) is 0 Å². The molecular formula is C30H43ClF3N5O3. The van der Waals surface area contributed by atoms with Gasteiger partial charge in [-0.15, -0.1) is 5.10 Å². The summed E-state index contributed by atoms with van der Waals surface area (Å²) in [7, 11) is 1.76. The van der Waals surface area contributed by atoms with E-state index in [-0.39, 0.29) is 42.6 Å². The molecule has 2 aliphatic carbocycles. The number of carbonyl (C=O) groups is 1. The SMILES string of the molecule is CC1=NC2CCC(C(O)(c3cnnn3C)C3CN(C(=O)OC(C)(C)C)C3)CC2C(Cl)=C1CC1CCC(C(F)(F)F)CC1. The highest BCUT2D eigenvalue weighted by molar-refractivity contribution is 6.32. The number of amides is 1. The van der Waals surface area contributed by atoms with Crippen molar-refractivity contribution in [2.45, 2.75) is 102 Å². The number of dihydropyridines is 1. The van der Waals surface area contributed by atoms with E-state index in [0.29, 0.717) is 44.5 Å². The van der Waals surface area contributed by atoms with Crippen LogP contribution < -0.4 is 0 Å². The number of aliphatic hydroxyl groups is 1. The number of rotatable bonds is 5. The van der Waals surface area contributed by atoms with E-state index in [1.165, 1.54) is 0 Å². The molecule has 12 heteroatoms. The lowest BCUT2D eigenvalue weighted by Crippen LogP contribution is -2.62. The quantitative estimate of drug-likeness (QED) is 0.416. The first-order valence-corrected chi connectivity index (χ1v) is 15.5. The van der Waals surface area contributed by atoms with Crippen LogP contribution >= 0.6 is 11.6 Å². The van der Waals surface area contributed by atoms with Crippen LogP contribution in [0.25, 0.3) is 0 Å². The molecular weight excluding hydrogens is 571 g/mol. The number of aromatic nitrogens is 3. The summed E-state index contributed by atoms with van der Waals surface area (Å²) in [4.78, 5) is 19.3. The minimum Gasteiger partial charge on any atom is -0.444 e. The highest BCUT2D eigenvalue weighted by Gasteiger charge is 2.55. The molecule has 5 rings (SSSR count). The van der Waals surface area contributed by atoms with Gasteiger partial charge in [-0.05, 0) is 96.5 Å². The Balaban J connectivity index is 1.33. The molecule has 234 valence electrons. The Kier molecular flexibility index (Phi) is 8.50. The highest BCUT2D eigenvalue weighted by Crippen LogP contribution is 2.52. The second kappa shape index (κ2) is 11.4. The Morgan fingerprint density at radius 3 is 2.29 bits per heavy atom. The minimum atomic E-state index is -4.13. The second-order valence-electron chi connectivity index (χ2n) is 13.8. The standard InChI is InChI=1S/C30H43ClF3N5O3/c1-17-22(12-18-6-8-19(9-7-18)30(32,33)34)26(31)23-13-20(10-11-24(23)36-17)29(41,25-14-35-37-38(25)5)21-15-39(16-21)27(40)42-28(2,3)4/h14,18-21,23-24,41H,6-13,15-16H2,1-5H3. The van der Waals surface area contributed by atoms with Crippen LogP contribution in [0.4, 0.5) is 18.0 Å². The van der Waals surface area contributed by atoms with Crippen molar-refractivity contribution in [3.8, 4) is 0 Å². The maximum Gasteiger partial charge on any atom is 0.410 e. The minimum absolute atomic E-state index is 0.00651. The van der Waals surface area contributed by atoms with Gasteiger partial charge < -0.3 is 14.7 Å². The molecule has 8 nitrogen and oxygen atoms in total. The van der Waals surface area contributed by atoms with E-state index >= 15 is 0 Å². The van der Waals surface area contributed by atoms with Gasteiger partial charge in [-0.25, -0.2) is 9.48 Å². The molecule has 1 amide bonds. The summed E-state index contributed by atoms with van der Waals surface area (Å²) in [5, 5.41) is 21.4. The summed E-state index contributed by atoms with van der Waals surface area (Å²) in [5.41, 5.74) is 0.555. The van der Waals surface area contributed by atoms with E-state index in [1.54, 1.807) is 22.8 Å². The van der Waals surface area contributed by atoms with E-state index in [4.69, 9.17) is 21.3 Å². The van der Waals surface area contributed by atoms with Crippen molar-refractivity contribution in [1.82, 2.24) is 19.9 Å². The van der Waals surface area contributed by atoms with Crippen LogP contribution in [0, 0.1) is 29.6 Å².